The summed E-state index contributed by atoms with van der Waals surface area (Å²) in [5, 5.41) is 13.8. The molecule has 3 N–H and O–H groups in total. The van der Waals surface area contributed by atoms with Crippen molar-refractivity contribution >= 4 is 29.5 Å². The number of carboxylic acid groups (broad SMARTS) is 1. The molecule has 36 heavy (non-hydrogen) atoms. The SMILES string of the molecule is O=C(NCCNC(=O)C1Cc2ccc(F)cc2S1)c1ccc(OC2CCC(C(=O)O)CC2)c(F)c1F. The number of carbonyl (C=O) groups is 3. The molecule has 1 unspecified atom stereocenters. The van der Waals surface area contributed by atoms with E-state index >= 15 is 0 Å². The van der Waals surface area contributed by atoms with Gasteiger partial charge in [-0.25, -0.2) is 8.78 Å². The van der Waals surface area contributed by atoms with Crippen LogP contribution in [0.4, 0.5) is 13.2 Å². The Morgan fingerprint density at radius 3 is 2.42 bits per heavy atom. The van der Waals surface area contributed by atoms with Crippen molar-refractivity contribution in [3.63, 3.8) is 0 Å². The fourth-order valence-electron chi connectivity index (χ4n) is 4.32. The number of nitrogens with one attached hydrogen (secondary N) is 2. The fourth-order valence-corrected chi connectivity index (χ4v) is 5.57. The number of fused-ring (bicyclic) bond motifs is 1. The van der Waals surface area contributed by atoms with E-state index in [1.54, 1.807) is 6.07 Å². The predicted octanol–water partition coefficient (Wildman–Crippen LogP) is 3.69. The maximum Gasteiger partial charge on any atom is 0.306 e. The maximum atomic E-state index is 14.5. The van der Waals surface area contributed by atoms with Gasteiger partial charge in [0.15, 0.2) is 11.6 Å². The largest absolute Gasteiger partial charge is 0.487 e. The zero-order valence-electron chi connectivity index (χ0n) is 19.2. The van der Waals surface area contributed by atoms with Crippen molar-refractivity contribution in [3.8, 4) is 5.75 Å². The molecule has 1 saturated carbocycles. The number of ether oxygens (including phenoxy) is 1. The maximum absolute atomic E-state index is 14.5. The number of benzene rings is 2. The molecule has 2 amide bonds. The summed E-state index contributed by atoms with van der Waals surface area (Å²) in [4.78, 5) is 36.5. The van der Waals surface area contributed by atoms with Crippen molar-refractivity contribution in [3.05, 3.63) is 58.9 Å². The normalized spacial score (nSPS) is 20.9. The van der Waals surface area contributed by atoms with Crippen LogP contribution in [0, 0.1) is 23.4 Å². The highest BCUT2D eigenvalue weighted by Gasteiger charge is 2.29. The summed E-state index contributed by atoms with van der Waals surface area (Å²) in [7, 11) is 0. The molecule has 11 heteroatoms. The van der Waals surface area contributed by atoms with Crippen molar-refractivity contribution in [1.82, 2.24) is 10.6 Å². The second kappa shape index (κ2) is 11.2. The molecule has 4 rings (SSSR count). The van der Waals surface area contributed by atoms with Gasteiger partial charge < -0.3 is 20.5 Å². The summed E-state index contributed by atoms with van der Waals surface area (Å²) < 4.78 is 47.9. The average molecular weight is 523 g/mol. The second-order valence-corrected chi connectivity index (χ2v) is 10.0. The first-order valence-electron chi connectivity index (χ1n) is 11.6. The summed E-state index contributed by atoms with van der Waals surface area (Å²) in [6, 6.07) is 6.69. The molecule has 0 saturated heterocycles. The Hall–Kier alpha value is -3.21. The summed E-state index contributed by atoms with van der Waals surface area (Å²) in [5.41, 5.74) is 0.400. The zero-order chi connectivity index (χ0) is 25.8. The van der Waals surface area contributed by atoms with E-state index < -0.39 is 46.3 Å². The lowest BCUT2D eigenvalue weighted by molar-refractivity contribution is -0.143. The Labute approximate surface area is 209 Å². The standard InChI is InChI=1S/C25H25F3N2O5S/c26-15-4-1-14-11-20(36-19(14)12-15)24(32)30-10-9-29-23(31)17-7-8-18(22(28)21(17)27)35-16-5-2-13(3-6-16)25(33)34/h1,4,7-8,12-13,16,20H,2-3,5-6,9-11H2,(H,29,31)(H,30,32)(H,33,34). The van der Waals surface area contributed by atoms with Gasteiger partial charge in [0.25, 0.3) is 5.91 Å². The highest BCUT2D eigenvalue weighted by molar-refractivity contribution is 8.01. The first kappa shape index (κ1) is 25.9. The van der Waals surface area contributed by atoms with Crippen LogP contribution in [-0.2, 0) is 16.0 Å². The molecule has 0 bridgehead atoms. The minimum atomic E-state index is -1.35. The molecule has 1 atom stereocenters. The van der Waals surface area contributed by atoms with Gasteiger partial charge in [-0.3, -0.25) is 14.4 Å². The zero-order valence-corrected chi connectivity index (χ0v) is 20.0. The monoisotopic (exact) mass is 522 g/mol. The highest BCUT2D eigenvalue weighted by Crippen LogP contribution is 2.37. The number of carboxylic acids is 1. The van der Waals surface area contributed by atoms with Crippen molar-refractivity contribution in [2.75, 3.05) is 13.1 Å². The Kier molecular flexibility index (Phi) is 8.07. The smallest absolute Gasteiger partial charge is 0.306 e. The van der Waals surface area contributed by atoms with Crippen LogP contribution in [0.5, 0.6) is 5.75 Å². The third-order valence-electron chi connectivity index (χ3n) is 6.31. The lowest BCUT2D eigenvalue weighted by Crippen LogP contribution is -2.38. The molecule has 1 aliphatic heterocycles. The van der Waals surface area contributed by atoms with Crippen LogP contribution >= 0.6 is 11.8 Å². The number of hydrogen-bond acceptors (Lipinski definition) is 5. The number of hydrogen-bond donors (Lipinski definition) is 3. The van der Waals surface area contributed by atoms with E-state index in [9.17, 15) is 27.6 Å². The number of amides is 2. The lowest BCUT2D eigenvalue weighted by atomic mass is 9.87. The minimum Gasteiger partial charge on any atom is -0.487 e. The molecule has 1 fully saturated rings. The Bertz CT molecular complexity index is 1170. The number of aliphatic carboxylic acids is 1. The molecule has 0 aromatic heterocycles. The number of halogens is 3. The van der Waals surface area contributed by atoms with Gasteiger partial charge in [-0.05, 0) is 61.9 Å². The van der Waals surface area contributed by atoms with Crippen LogP contribution in [0.15, 0.2) is 35.2 Å². The molecule has 7 nitrogen and oxygen atoms in total. The van der Waals surface area contributed by atoms with Crippen LogP contribution in [-0.4, -0.2) is 47.3 Å². The summed E-state index contributed by atoms with van der Waals surface area (Å²) >= 11 is 1.27. The van der Waals surface area contributed by atoms with Crippen molar-refractivity contribution in [2.24, 2.45) is 5.92 Å². The third kappa shape index (κ3) is 5.95. The van der Waals surface area contributed by atoms with E-state index in [1.165, 1.54) is 30.0 Å². The molecule has 2 aromatic carbocycles. The van der Waals surface area contributed by atoms with Gasteiger partial charge in [0.1, 0.15) is 5.82 Å². The van der Waals surface area contributed by atoms with E-state index in [0.29, 0.717) is 32.1 Å². The Morgan fingerprint density at radius 1 is 0.972 bits per heavy atom. The molecule has 2 aliphatic rings. The first-order valence-corrected chi connectivity index (χ1v) is 12.5. The number of rotatable bonds is 8. The van der Waals surface area contributed by atoms with E-state index in [4.69, 9.17) is 9.84 Å². The third-order valence-corrected chi connectivity index (χ3v) is 7.61. The van der Waals surface area contributed by atoms with E-state index in [2.05, 4.69) is 10.6 Å². The van der Waals surface area contributed by atoms with Gasteiger partial charge in [0.05, 0.1) is 22.8 Å². The number of carbonyl (C=O) groups excluding carboxylic acids is 2. The summed E-state index contributed by atoms with van der Waals surface area (Å²) in [6.07, 6.45) is 1.65. The van der Waals surface area contributed by atoms with Gasteiger partial charge in [-0.1, -0.05) is 6.07 Å². The van der Waals surface area contributed by atoms with Gasteiger partial charge in [-0.2, -0.15) is 4.39 Å². The molecule has 1 aliphatic carbocycles. The fraction of sp³-hybridized carbons (Fsp3) is 0.400. The van der Waals surface area contributed by atoms with Gasteiger partial charge in [0.2, 0.25) is 11.7 Å². The van der Waals surface area contributed by atoms with Crippen LogP contribution < -0.4 is 15.4 Å². The lowest BCUT2D eigenvalue weighted by Gasteiger charge is -2.27. The summed E-state index contributed by atoms with van der Waals surface area (Å²) in [5.74, 6) is -5.76. The molecular formula is C25H25F3N2O5S. The van der Waals surface area contributed by atoms with Gasteiger partial charge >= 0.3 is 5.97 Å². The van der Waals surface area contributed by atoms with Crippen LogP contribution in [0.3, 0.4) is 0 Å². The van der Waals surface area contributed by atoms with Crippen LogP contribution in [0.1, 0.15) is 41.6 Å². The van der Waals surface area contributed by atoms with Crippen LogP contribution in [0.2, 0.25) is 0 Å². The van der Waals surface area contributed by atoms with Gasteiger partial charge in [-0.15, -0.1) is 11.8 Å². The molecule has 0 spiro atoms. The topological polar surface area (TPSA) is 105 Å². The van der Waals surface area contributed by atoms with Crippen molar-refractivity contribution < 1.29 is 37.4 Å². The average Bonchev–Trinajstić information content (AvgIpc) is 3.28. The number of thioether (sulfide) groups is 1. The molecule has 2 aromatic rings. The first-order chi connectivity index (χ1) is 17.2. The second-order valence-electron chi connectivity index (χ2n) is 8.78. The van der Waals surface area contributed by atoms with Crippen molar-refractivity contribution in [2.45, 2.75) is 48.4 Å². The molecular weight excluding hydrogens is 497 g/mol. The highest BCUT2D eigenvalue weighted by atomic mass is 32.2. The van der Waals surface area contributed by atoms with E-state index in [1.807, 2.05) is 0 Å². The Balaban J connectivity index is 1.23. The molecule has 192 valence electrons. The van der Waals surface area contributed by atoms with Gasteiger partial charge in [0, 0.05) is 18.0 Å². The van der Waals surface area contributed by atoms with Crippen LogP contribution in [0.25, 0.3) is 0 Å². The van der Waals surface area contributed by atoms with Crippen molar-refractivity contribution in [1.29, 1.82) is 0 Å². The molecule has 1 heterocycles. The van der Waals surface area contributed by atoms with E-state index in [-0.39, 0.29) is 30.6 Å². The summed E-state index contributed by atoms with van der Waals surface area (Å²) in [6.45, 7) is 0.0757. The minimum absolute atomic E-state index is 0.00430. The Morgan fingerprint density at radius 2 is 1.69 bits per heavy atom. The van der Waals surface area contributed by atoms with E-state index in [0.717, 1.165) is 16.5 Å². The quantitative estimate of drug-likeness (QED) is 0.457. The predicted molar refractivity (Wildman–Crippen MR) is 125 cm³/mol. The molecule has 0 radical (unpaired) electrons.